The summed E-state index contributed by atoms with van der Waals surface area (Å²) in [5.41, 5.74) is 1.34. The van der Waals surface area contributed by atoms with Gasteiger partial charge in [-0.2, -0.15) is 5.10 Å². The molecule has 0 spiro atoms. The van der Waals surface area contributed by atoms with Crippen molar-refractivity contribution in [3.63, 3.8) is 0 Å². The van der Waals surface area contributed by atoms with Gasteiger partial charge in [-0.3, -0.25) is 4.98 Å². The molecule has 2 rings (SSSR count). The van der Waals surface area contributed by atoms with Crippen molar-refractivity contribution in [2.24, 2.45) is 0 Å². The zero-order valence-corrected chi connectivity index (χ0v) is 6.75. The monoisotopic (exact) mass is 173 g/mol. The number of fused-ring (bicyclic) bond motifs is 1. The van der Waals surface area contributed by atoms with Crippen molar-refractivity contribution in [3.8, 4) is 12.3 Å². The van der Waals surface area contributed by atoms with Crippen molar-refractivity contribution in [3.05, 3.63) is 30.4 Å². The number of aliphatic hydroxyl groups is 1. The predicted molar refractivity (Wildman–Crippen MR) is 46.8 cm³/mol. The number of aromatic nitrogens is 3. The van der Waals surface area contributed by atoms with Crippen molar-refractivity contribution >= 4 is 5.52 Å². The van der Waals surface area contributed by atoms with Gasteiger partial charge in [0.05, 0.1) is 17.9 Å². The van der Waals surface area contributed by atoms with E-state index in [1.54, 1.807) is 29.3 Å². The minimum atomic E-state index is -0.915. The Morgan fingerprint density at radius 3 is 3.15 bits per heavy atom. The molecule has 0 radical (unpaired) electrons. The molecule has 0 fully saturated rings. The number of terminal acetylenes is 1. The second kappa shape index (κ2) is 2.88. The molecule has 2 aromatic heterocycles. The highest BCUT2D eigenvalue weighted by atomic mass is 16.3. The van der Waals surface area contributed by atoms with Gasteiger partial charge in [-0.05, 0) is 0 Å². The number of hydrogen-bond donors (Lipinski definition) is 1. The highest BCUT2D eigenvalue weighted by Gasteiger charge is 2.09. The molecule has 0 saturated carbocycles. The lowest BCUT2D eigenvalue weighted by Gasteiger charge is -1.98. The maximum atomic E-state index is 9.40. The standard InChI is InChI=1S/C9H7N3O/c1-2-9(13)7-5-11-12-4-3-10-6-8(7)12/h1,3-6,9,13H. The molecule has 0 bridgehead atoms. The van der Waals surface area contributed by atoms with Gasteiger partial charge >= 0.3 is 0 Å². The lowest BCUT2D eigenvalue weighted by atomic mass is 10.2. The number of rotatable bonds is 1. The molecular formula is C9H7N3O. The summed E-state index contributed by atoms with van der Waals surface area (Å²) in [6.07, 6.45) is 10.7. The normalized spacial score (nSPS) is 12.6. The highest BCUT2D eigenvalue weighted by Crippen LogP contribution is 2.16. The molecule has 2 heterocycles. The summed E-state index contributed by atoms with van der Waals surface area (Å²) in [7, 11) is 0. The van der Waals surface area contributed by atoms with Gasteiger partial charge in [-0.15, -0.1) is 6.42 Å². The van der Waals surface area contributed by atoms with Crippen molar-refractivity contribution in [1.82, 2.24) is 14.6 Å². The first-order valence-electron chi connectivity index (χ1n) is 3.74. The molecule has 0 aliphatic rings. The fourth-order valence-electron chi connectivity index (χ4n) is 1.15. The first-order chi connectivity index (χ1) is 6.33. The minimum absolute atomic E-state index is 0.607. The van der Waals surface area contributed by atoms with E-state index in [1.807, 2.05) is 0 Å². The van der Waals surface area contributed by atoms with Crippen LogP contribution in [0.25, 0.3) is 5.52 Å². The zero-order valence-electron chi connectivity index (χ0n) is 6.75. The van der Waals surface area contributed by atoms with E-state index < -0.39 is 6.10 Å². The Balaban J connectivity index is 2.66. The van der Waals surface area contributed by atoms with Crippen LogP contribution in [0.1, 0.15) is 11.7 Å². The molecule has 4 nitrogen and oxygen atoms in total. The quantitative estimate of drug-likeness (QED) is 0.635. The van der Waals surface area contributed by atoms with Crippen LogP contribution >= 0.6 is 0 Å². The largest absolute Gasteiger partial charge is 0.376 e. The molecule has 1 unspecified atom stereocenters. The van der Waals surface area contributed by atoms with Gasteiger partial charge in [0.2, 0.25) is 0 Å². The average molecular weight is 173 g/mol. The third kappa shape index (κ3) is 1.15. The Kier molecular flexibility index (Phi) is 1.72. The fourth-order valence-corrected chi connectivity index (χ4v) is 1.15. The fraction of sp³-hybridized carbons (Fsp3) is 0.111. The van der Waals surface area contributed by atoms with Gasteiger partial charge < -0.3 is 5.11 Å². The Bertz CT molecular complexity index is 469. The molecule has 64 valence electrons. The topological polar surface area (TPSA) is 50.4 Å². The molecule has 0 amide bonds. The first-order valence-corrected chi connectivity index (χ1v) is 3.74. The molecule has 0 aliphatic heterocycles. The molecule has 4 heteroatoms. The van der Waals surface area contributed by atoms with Crippen LogP contribution in [0, 0.1) is 12.3 Å². The summed E-state index contributed by atoms with van der Waals surface area (Å²) < 4.78 is 1.61. The summed E-state index contributed by atoms with van der Waals surface area (Å²) in [5.74, 6) is 2.23. The third-order valence-electron chi connectivity index (χ3n) is 1.81. The summed E-state index contributed by atoms with van der Waals surface area (Å²) in [6.45, 7) is 0. The summed E-state index contributed by atoms with van der Waals surface area (Å²) in [4.78, 5) is 3.92. The van der Waals surface area contributed by atoms with E-state index in [4.69, 9.17) is 6.42 Å². The molecule has 13 heavy (non-hydrogen) atoms. The van der Waals surface area contributed by atoms with Gasteiger partial charge in [-0.25, -0.2) is 4.52 Å². The Morgan fingerprint density at radius 1 is 1.54 bits per heavy atom. The Hall–Kier alpha value is -1.86. The maximum absolute atomic E-state index is 9.40. The number of nitrogens with zero attached hydrogens (tertiary/aromatic N) is 3. The molecule has 2 aromatic rings. The van der Waals surface area contributed by atoms with Crippen LogP contribution in [0.15, 0.2) is 24.8 Å². The van der Waals surface area contributed by atoms with Crippen LogP contribution in [0.3, 0.4) is 0 Å². The highest BCUT2D eigenvalue weighted by molar-refractivity contribution is 5.54. The van der Waals surface area contributed by atoms with Gasteiger partial charge in [0, 0.05) is 18.0 Å². The third-order valence-corrected chi connectivity index (χ3v) is 1.81. The molecule has 1 N–H and O–H groups in total. The van der Waals surface area contributed by atoms with E-state index in [9.17, 15) is 5.11 Å². The molecule has 1 atom stereocenters. The van der Waals surface area contributed by atoms with Crippen LogP contribution in [-0.4, -0.2) is 19.7 Å². The molecule has 0 aliphatic carbocycles. The maximum Gasteiger partial charge on any atom is 0.143 e. The van der Waals surface area contributed by atoms with Gasteiger partial charge in [0.1, 0.15) is 6.10 Å². The van der Waals surface area contributed by atoms with Gasteiger partial charge in [0.25, 0.3) is 0 Å². The zero-order chi connectivity index (χ0) is 9.26. The molecular weight excluding hydrogens is 166 g/mol. The lowest BCUT2D eigenvalue weighted by molar-refractivity contribution is 0.240. The summed E-state index contributed by atoms with van der Waals surface area (Å²) >= 11 is 0. The van der Waals surface area contributed by atoms with E-state index >= 15 is 0 Å². The van der Waals surface area contributed by atoms with Crippen LogP contribution < -0.4 is 0 Å². The van der Waals surface area contributed by atoms with Crippen molar-refractivity contribution < 1.29 is 5.11 Å². The lowest BCUT2D eigenvalue weighted by Crippen LogP contribution is -1.93. The Labute approximate surface area is 74.8 Å². The van der Waals surface area contributed by atoms with Crippen LogP contribution in [-0.2, 0) is 0 Å². The Morgan fingerprint density at radius 2 is 2.38 bits per heavy atom. The van der Waals surface area contributed by atoms with Crippen molar-refractivity contribution in [2.45, 2.75) is 6.10 Å². The van der Waals surface area contributed by atoms with Gasteiger partial charge in [0.15, 0.2) is 0 Å². The van der Waals surface area contributed by atoms with E-state index in [0.717, 1.165) is 5.52 Å². The second-order valence-electron chi connectivity index (χ2n) is 2.58. The van der Waals surface area contributed by atoms with Gasteiger partial charge in [-0.1, -0.05) is 5.92 Å². The number of aliphatic hydroxyl groups excluding tert-OH is 1. The van der Waals surface area contributed by atoms with E-state index in [0.29, 0.717) is 5.56 Å². The van der Waals surface area contributed by atoms with Crippen LogP contribution in [0.2, 0.25) is 0 Å². The minimum Gasteiger partial charge on any atom is -0.376 e. The average Bonchev–Trinajstić information content (AvgIpc) is 2.60. The SMILES string of the molecule is C#CC(O)c1cnn2ccncc12. The molecule has 0 aromatic carbocycles. The first kappa shape index (κ1) is 7.77. The van der Waals surface area contributed by atoms with E-state index in [1.165, 1.54) is 0 Å². The van der Waals surface area contributed by atoms with Crippen molar-refractivity contribution in [1.29, 1.82) is 0 Å². The van der Waals surface area contributed by atoms with Crippen LogP contribution in [0.5, 0.6) is 0 Å². The van der Waals surface area contributed by atoms with Crippen LogP contribution in [0.4, 0.5) is 0 Å². The van der Waals surface area contributed by atoms with E-state index in [2.05, 4.69) is 16.0 Å². The smallest absolute Gasteiger partial charge is 0.143 e. The second-order valence-corrected chi connectivity index (χ2v) is 2.58. The summed E-state index contributed by atoms with van der Waals surface area (Å²) in [6, 6.07) is 0. The van der Waals surface area contributed by atoms with E-state index in [-0.39, 0.29) is 0 Å². The number of hydrogen-bond acceptors (Lipinski definition) is 3. The predicted octanol–water partition coefficient (Wildman–Crippen LogP) is 0.396. The van der Waals surface area contributed by atoms with Crippen molar-refractivity contribution in [2.75, 3.05) is 0 Å². The summed E-state index contributed by atoms with van der Waals surface area (Å²) in [5, 5.41) is 13.4. The molecule has 0 saturated heterocycles.